The van der Waals surface area contributed by atoms with E-state index in [2.05, 4.69) is 15.8 Å². The predicted octanol–water partition coefficient (Wildman–Crippen LogP) is 1.20. The SMILES string of the molecule is COc1ccc(C(=O)NCC(=O)NN=Cc2cc(O)ccc2[N+](=O)[O-])cc1OC. The molecule has 0 heterocycles. The summed E-state index contributed by atoms with van der Waals surface area (Å²) in [5.74, 6) is -0.545. The van der Waals surface area contributed by atoms with E-state index in [1.54, 1.807) is 6.07 Å². The molecule has 0 aliphatic carbocycles. The molecule has 0 saturated heterocycles. The molecule has 0 atom stereocenters. The second kappa shape index (κ2) is 9.69. The number of rotatable bonds is 8. The molecule has 0 unspecified atom stereocenters. The number of hydrazone groups is 1. The molecule has 0 aromatic heterocycles. The molecule has 3 N–H and O–H groups in total. The predicted molar refractivity (Wildman–Crippen MR) is 102 cm³/mol. The second-order valence-corrected chi connectivity index (χ2v) is 5.55. The van der Waals surface area contributed by atoms with Gasteiger partial charge in [0.2, 0.25) is 0 Å². The number of hydrogen-bond acceptors (Lipinski definition) is 8. The van der Waals surface area contributed by atoms with Crippen LogP contribution in [0.1, 0.15) is 15.9 Å². The third-order valence-corrected chi connectivity index (χ3v) is 3.66. The van der Waals surface area contributed by atoms with Crippen LogP contribution in [-0.4, -0.2) is 48.8 Å². The van der Waals surface area contributed by atoms with Gasteiger partial charge in [-0.1, -0.05) is 0 Å². The summed E-state index contributed by atoms with van der Waals surface area (Å²) in [5, 5.41) is 26.4. The van der Waals surface area contributed by atoms with E-state index < -0.39 is 16.7 Å². The Bertz CT molecular complexity index is 959. The van der Waals surface area contributed by atoms with Gasteiger partial charge in [-0.05, 0) is 30.3 Å². The molecule has 152 valence electrons. The highest BCUT2D eigenvalue weighted by molar-refractivity contribution is 5.97. The Labute approximate surface area is 165 Å². The lowest BCUT2D eigenvalue weighted by molar-refractivity contribution is -0.385. The molecule has 0 fully saturated rings. The number of benzene rings is 2. The van der Waals surface area contributed by atoms with Crippen molar-refractivity contribution in [2.45, 2.75) is 0 Å². The smallest absolute Gasteiger partial charge is 0.278 e. The van der Waals surface area contributed by atoms with Crippen molar-refractivity contribution in [3.05, 3.63) is 57.6 Å². The first kappa shape index (κ1) is 21.2. The van der Waals surface area contributed by atoms with Crippen molar-refractivity contribution in [2.24, 2.45) is 5.10 Å². The minimum Gasteiger partial charge on any atom is -0.508 e. The first-order valence-corrected chi connectivity index (χ1v) is 8.15. The van der Waals surface area contributed by atoms with Crippen LogP contribution in [0.3, 0.4) is 0 Å². The van der Waals surface area contributed by atoms with E-state index >= 15 is 0 Å². The zero-order valence-corrected chi connectivity index (χ0v) is 15.5. The standard InChI is InChI=1S/C18H18N4O7/c1-28-15-6-3-11(8-16(15)29-2)18(25)19-10-17(24)21-20-9-12-7-13(23)4-5-14(12)22(26)27/h3-9,23H,10H2,1-2H3,(H,19,25)(H,21,24). The van der Waals surface area contributed by atoms with Crippen molar-refractivity contribution in [1.29, 1.82) is 0 Å². The van der Waals surface area contributed by atoms with Crippen LogP contribution in [0.25, 0.3) is 0 Å². The van der Waals surface area contributed by atoms with Crippen LogP contribution >= 0.6 is 0 Å². The molecule has 2 aromatic carbocycles. The Morgan fingerprint density at radius 3 is 2.55 bits per heavy atom. The summed E-state index contributed by atoms with van der Waals surface area (Å²) in [5.41, 5.74) is 2.10. The van der Waals surface area contributed by atoms with Gasteiger partial charge in [0.05, 0.1) is 37.5 Å². The van der Waals surface area contributed by atoms with E-state index in [4.69, 9.17) is 9.47 Å². The van der Waals surface area contributed by atoms with Crippen LogP contribution in [0.5, 0.6) is 17.2 Å². The Hall–Kier alpha value is -4.15. The van der Waals surface area contributed by atoms with E-state index in [0.717, 1.165) is 24.4 Å². The lowest BCUT2D eigenvalue weighted by atomic mass is 10.2. The van der Waals surface area contributed by atoms with Crippen LogP contribution in [0.2, 0.25) is 0 Å². The zero-order chi connectivity index (χ0) is 21.4. The summed E-state index contributed by atoms with van der Waals surface area (Å²) in [7, 11) is 2.90. The summed E-state index contributed by atoms with van der Waals surface area (Å²) in [6.07, 6.45) is 1.02. The van der Waals surface area contributed by atoms with Crippen molar-refractivity contribution in [1.82, 2.24) is 10.7 Å². The van der Waals surface area contributed by atoms with Crippen LogP contribution in [-0.2, 0) is 4.79 Å². The number of methoxy groups -OCH3 is 2. The number of nitro groups is 1. The first-order chi connectivity index (χ1) is 13.8. The highest BCUT2D eigenvalue weighted by Gasteiger charge is 2.13. The van der Waals surface area contributed by atoms with Crippen molar-refractivity contribution in [3.63, 3.8) is 0 Å². The van der Waals surface area contributed by atoms with E-state index in [1.165, 1.54) is 26.4 Å². The van der Waals surface area contributed by atoms with E-state index in [0.29, 0.717) is 11.5 Å². The molecule has 0 bridgehead atoms. The average Bonchev–Trinajstić information content (AvgIpc) is 2.71. The number of hydrogen-bond donors (Lipinski definition) is 3. The highest BCUT2D eigenvalue weighted by Crippen LogP contribution is 2.27. The van der Waals surface area contributed by atoms with Gasteiger partial charge >= 0.3 is 0 Å². The maximum absolute atomic E-state index is 12.1. The fourth-order valence-corrected chi connectivity index (χ4v) is 2.27. The second-order valence-electron chi connectivity index (χ2n) is 5.55. The summed E-state index contributed by atoms with van der Waals surface area (Å²) in [6, 6.07) is 7.94. The van der Waals surface area contributed by atoms with Gasteiger partial charge < -0.3 is 19.9 Å². The molecular weight excluding hydrogens is 384 g/mol. The lowest BCUT2D eigenvalue weighted by Gasteiger charge is -2.09. The maximum Gasteiger partial charge on any atom is 0.278 e. The van der Waals surface area contributed by atoms with Crippen molar-refractivity contribution < 1.29 is 29.1 Å². The van der Waals surface area contributed by atoms with Crippen molar-refractivity contribution in [3.8, 4) is 17.2 Å². The third kappa shape index (κ3) is 5.66. The zero-order valence-electron chi connectivity index (χ0n) is 15.5. The highest BCUT2D eigenvalue weighted by atomic mass is 16.6. The summed E-state index contributed by atoms with van der Waals surface area (Å²) < 4.78 is 10.2. The molecule has 29 heavy (non-hydrogen) atoms. The molecule has 0 saturated carbocycles. The first-order valence-electron chi connectivity index (χ1n) is 8.15. The number of carbonyl (C=O) groups excluding carboxylic acids is 2. The minimum absolute atomic E-state index is 0.00432. The van der Waals surface area contributed by atoms with Gasteiger partial charge in [0, 0.05) is 11.6 Å². The number of carbonyl (C=O) groups is 2. The topological polar surface area (TPSA) is 152 Å². The maximum atomic E-state index is 12.1. The Kier molecular flexibility index (Phi) is 7.07. The number of nitro benzene ring substituents is 1. The number of nitrogens with zero attached hydrogens (tertiary/aromatic N) is 2. The van der Waals surface area contributed by atoms with Gasteiger partial charge in [-0.3, -0.25) is 19.7 Å². The lowest BCUT2D eigenvalue weighted by Crippen LogP contribution is -2.34. The summed E-state index contributed by atoms with van der Waals surface area (Å²) in [6.45, 7) is -0.382. The van der Waals surface area contributed by atoms with E-state index in [9.17, 15) is 24.8 Å². The van der Waals surface area contributed by atoms with Gasteiger partial charge in [-0.25, -0.2) is 5.43 Å². The van der Waals surface area contributed by atoms with Crippen LogP contribution in [0.4, 0.5) is 5.69 Å². The quantitative estimate of drug-likeness (QED) is 0.341. The molecule has 0 aliphatic heterocycles. The fourth-order valence-electron chi connectivity index (χ4n) is 2.27. The molecule has 0 aliphatic rings. The molecule has 0 radical (unpaired) electrons. The molecule has 2 aromatic rings. The number of phenols is 1. The molecule has 11 nitrogen and oxygen atoms in total. The van der Waals surface area contributed by atoms with Crippen LogP contribution < -0.4 is 20.2 Å². The fraction of sp³-hybridized carbons (Fsp3) is 0.167. The van der Waals surface area contributed by atoms with E-state index in [1.807, 2.05) is 0 Å². The number of phenolic OH excluding ortho intramolecular Hbond substituents is 1. The monoisotopic (exact) mass is 402 g/mol. The van der Waals surface area contributed by atoms with Crippen LogP contribution in [0.15, 0.2) is 41.5 Å². The van der Waals surface area contributed by atoms with Crippen LogP contribution in [0, 0.1) is 10.1 Å². The normalized spacial score (nSPS) is 10.4. The molecule has 11 heteroatoms. The van der Waals surface area contributed by atoms with Crippen molar-refractivity contribution in [2.75, 3.05) is 20.8 Å². The molecule has 2 rings (SSSR count). The summed E-state index contributed by atoms with van der Waals surface area (Å²) in [4.78, 5) is 34.2. The van der Waals surface area contributed by atoms with Gasteiger partial charge in [0.1, 0.15) is 5.75 Å². The number of amides is 2. The molecular formula is C18H18N4O7. The third-order valence-electron chi connectivity index (χ3n) is 3.66. The largest absolute Gasteiger partial charge is 0.508 e. The molecule has 0 spiro atoms. The Morgan fingerprint density at radius 1 is 1.17 bits per heavy atom. The number of nitrogens with one attached hydrogen (secondary N) is 2. The van der Waals surface area contributed by atoms with Gasteiger partial charge in [-0.15, -0.1) is 0 Å². The molecule has 2 amide bonds. The van der Waals surface area contributed by atoms with Gasteiger partial charge in [0.25, 0.3) is 17.5 Å². The van der Waals surface area contributed by atoms with Gasteiger partial charge in [-0.2, -0.15) is 5.10 Å². The Morgan fingerprint density at radius 2 is 1.90 bits per heavy atom. The number of ether oxygens (including phenoxy) is 2. The average molecular weight is 402 g/mol. The van der Waals surface area contributed by atoms with Gasteiger partial charge in [0.15, 0.2) is 11.5 Å². The van der Waals surface area contributed by atoms with Crippen molar-refractivity contribution >= 4 is 23.7 Å². The summed E-state index contributed by atoms with van der Waals surface area (Å²) >= 11 is 0. The van der Waals surface area contributed by atoms with E-state index in [-0.39, 0.29) is 29.1 Å². The number of aromatic hydroxyl groups is 1. The Balaban J connectivity index is 1.94. The minimum atomic E-state index is -0.655.